The highest BCUT2D eigenvalue weighted by molar-refractivity contribution is 9.10. The largest absolute Gasteiger partial charge is 0.304 e. The van der Waals surface area contributed by atoms with Crippen LogP contribution in [-0.2, 0) is 4.79 Å². The van der Waals surface area contributed by atoms with Gasteiger partial charge >= 0.3 is 0 Å². The molecule has 1 heterocycles. The Bertz CT molecular complexity index is 659. The van der Waals surface area contributed by atoms with Crippen LogP contribution in [0.25, 0.3) is 0 Å². The van der Waals surface area contributed by atoms with Gasteiger partial charge in [-0.05, 0) is 51.3 Å². The molecule has 0 atom stereocenters. The Morgan fingerprint density at radius 1 is 1.33 bits per heavy atom. The van der Waals surface area contributed by atoms with Gasteiger partial charge in [-0.3, -0.25) is 9.59 Å². The summed E-state index contributed by atoms with van der Waals surface area (Å²) in [5.74, 6) is -0.921. The van der Waals surface area contributed by atoms with E-state index in [2.05, 4.69) is 22.0 Å². The smallest absolute Gasteiger partial charge is 0.299 e. The number of carbonyl (C=O) groups excluding carboxylic acids is 2. The Kier molecular flexibility index (Phi) is 4.20. The average molecular weight is 349 g/mol. The molecule has 0 aromatic heterocycles. The number of anilines is 1. The highest BCUT2D eigenvalue weighted by atomic mass is 79.9. The van der Waals surface area contributed by atoms with Crippen molar-refractivity contribution in [2.24, 2.45) is 5.41 Å². The van der Waals surface area contributed by atoms with E-state index in [1.54, 1.807) is 11.0 Å². The van der Waals surface area contributed by atoms with Gasteiger partial charge in [0, 0.05) is 11.0 Å². The minimum atomic E-state index is -0.471. The third-order valence-electron chi connectivity index (χ3n) is 3.71. The van der Waals surface area contributed by atoms with Crippen molar-refractivity contribution in [3.05, 3.63) is 27.7 Å². The van der Waals surface area contributed by atoms with Gasteiger partial charge in [-0.15, -0.1) is 0 Å². The first kappa shape index (κ1) is 15.7. The molecule has 0 fully saturated rings. The van der Waals surface area contributed by atoms with E-state index in [1.807, 2.05) is 26.8 Å². The zero-order valence-electron chi connectivity index (χ0n) is 12.4. The normalized spacial score (nSPS) is 14.3. The highest BCUT2D eigenvalue weighted by Gasteiger charge is 2.37. The van der Waals surface area contributed by atoms with Crippen molar-refractivity contribution in [1.82, 2.24) is 0 Å². The summed E-state index contributed by atoms with van der Waals surface area (Å²) in [4.78, 5) is 25.8. The third-order valence-corrected chi connectivity index (χ3v) is 4.16. The Morgan fingerprint density at radius 2 is 2.00 bits per heavy atom. The van der Waals surface area contributed by atoms with Crippen LogP contribution in [0.3, 0.4) is 0 Å². The molecule has 0 aliphatic carbocycles. The fourth-order valence-electron chi connectivity index (χ4n) is 2.55. The van der Waals surface area contributed by atoms with Crippen LogP contribution in [0, 0.1) is 23.7 Å². The van der Waals surface area contributed by atoms with E-state index in [-0.39, 0.29) is 0 Å². The lowest BCUT2D eigenvalue weighted by molar-refractivity contribution is -0.114. The van der Waals surface area contributed by atoms with Crippen LogP contribution in [0.5, 0.6) is 0 Å². The predicted molar refractivity (Wildman–Crippen MR) is 84.2 cm³/mol. The Labute approximate surface area is 132 Å². The molecule has 0 spiro atoms. The second-order valence-corrected chi connectivity index (χ2v) is 6.92. The van der Waals surface area contributed by atoms with E-state index < -0.39 is 17.1 Å². The van der Waals surface area contributed by atoms with Crippen molar-refractivity contribution in [2.75, 3.05) is 11.4 Å². The first-order valence-corrected chi connectivity index (χ1v) is 7.64. The summed E-state index contributed by atoms with van der Waals surface area (Å²) in [7, 11) is 0. The molecule has 0 unspecified atom stereocenters. The topological polar surface area (TPSA) is 61.2 Å². The molecule has 1 aliphatic rings. The number of benzene rings is 1. The van der Waals surface area contributed by atoms with E-state index in [0.29, 0.717) is 30.6 Å². The summed E-state index contributed by atoms with van der Waals surface area (Å²) in [5.41, 5.74) is 1.66. The summed E-state index contributed by atoms with van der Waals surface area (Å²) in [6.07, 6.45) is 1.38. The maximum Gasteiger partial charge on any atom is 0.299 e. The number of aryl methyl sites for hydroxylation is 1. The third kappa shape index (κ3) is 3.01. The fourth-order valence-corrected chi connectivity index (χ4v) is 3.13. The number of fused-ring (bicyclic) bond motifs is 1. The Balaban J connectivity index is 2.22. The minimum Gasteiger partial charge on any atom is -0.304 e. The van der Waals surface area contributed by atoms with Gasteiger partial charge in [0.25, 0.3) is 11.7 Å². The van der Waals surface area contributed by atoms with Gasteiger partial charge in [-0.1, -0.05) is 15.9 Å². The van der Waals surface area contributed by atoms with E-state index >= 15 is 0 Å². The number of nitrogens with zero attached hydrogens (tertiary/aromatic N) is 2. The molecule has 5 heteroatoms. The van der Waals surface area contributed by atoms with Crippen LogP contribution in [0.15, 0.2) is 16.6 Å². The van der Waals surface area contributed by atoms with Gasteiger partial charge in [-0.2, -0.15) is 5.26 Å². The summed E-state index contributed by atoms with van der Waals surface area (Å²) in [6.45, 7) is 6.10. The van der Waals surface area contributed by atoms with Crippen LogP contribution in [-0.4, -0.2) is 18.2 Å². The molecule has 21 heavy (non-hydrogen) atoms. The molecule has 2 rings (SSSR count). The first-order valence-electron chi connectivity index (χ1n) is 6.84. The van der Waals surface area contributed by atoms with Crippen LogP contribution in [0.4, 0.5) is 5.69 Å². The minimum absolute atomic E-state index is 0.412. The van der Waals surface area contributed by atoms with Gasteiger partial charge in [0.2, 0.25) is 0 Å². The van der Waals surface area contributed by atoms with E-state index in [9.17, 15) is 9.59 Å². The molecule has 0 N–H and O–H groups in total. The SMILES string of the molecule is Cc1cc(Br)cc2c1N(CCCC(C)(C)C#N)C(=O)C2=O. The lowest BCUT2D eigenvalue weighted by Gasteiger charge is -2.21. The number of rotatable bonds is 4. The number of halogens is 1. The van der Waals surface area contributed by atoms with Gasteiger partial charge in [0.1, 0.15) is 0 Å². The summed E-state index contributed by atoms with van der Waals surface area (Å²) in [5, 5.41) is 9.02. The molecule has 0 saturated carbocycles. The van der Waals surface area contributed by atoms with Gasteiger partial charge < -0.3 is 4.90 Å². The van der Waals surface area contributed by atoms with Crippen molar-refractivity contribution in [3.63, 3.8) is 0 Å². The van der Waals surface area contributed by atoms with Crippen molar-refractivity contribution >= 4 is 33.3 Å². The second kappa shape index (κ2) is 5.61. The molecular weight excluding hydrogens is 332 g/mol. The monoisotopic (exact) mass is 348 g/mol. The number of nitriles is 1. The fraction of sp³-hybridized carbons (Fsp3) is 0.438. The highest BCUT2D eigenvalue weighted by Crippen LogP contribution is 2.35. The summed E-state index contributed by atoms with van der Waals surface area (Å²) < 4.78 is 0.798. The van der Waals surface area contributed by atoms with E-state index in [0.717, 1.165) is 10.0 Å². The zero-order chi connectivity index (χ0) is 15.8. The van der Waals surface area contributed by atoms with Crippen LogP contribution >= 0.6 is 15.9 Å². The summed E-state index contributed by atoms with van der Waals surface area (Å²) >= 11 is 3.35. The number of amides is 1. The Hall–Kier alpha value is -1.67. The molecule has 0 bridgehead atoms. The van der Waals surface area contributed by atoms with Crippen LogP contribution in [0.1, 0.15) is 42.6 Å². The average Bonchev–Trinajstić information content (AvgIpc) is 2.64. The first-order chi connectivity index (χ1) is 9.76. The number of carbonyl (C=O) groups is 2. The predicted octanol–water partition coefficient (Wildman–Crippen LogP) is 3.62. The molecule has 0 saturated heterocycles. The number of Topliss-reactive ketones (excluding diaryl/α,β-unsaturated/α-hetero) is 1. The maximum absolute atomic E-state index is 12.1. The van der Waals surface area contributed by atoms with Gasteiger partial charge in [0.15, 0.2) is 0 Å². The lowest BCUT2D eigenvalue weighted by atomic mass is 9.90. The Morgan fingerprint density at radius 3 is 2.62 bits per heavy atom. The molecule has 1 aromatic rings. The van der Waals surface area contributed by atoms with Gasteiger partial charge in [-0.25, -0.2) is 0 Å². The van der Waals surface area contributed by atoms with Crippen molar-refractivity contribution < 1.29 is 9.59 Å². The van der Waals surface area contributed by atoms with E-state index in [1.165, 1.54) is 0 Å². The summed E-state index contributed by atoms with van der Waals surface area (Å²) in [6, 6.07) is 5.84. The number of hydrogen-bond acceptors (Lipinski definition) is 3. The van der Waals surface area contributed by atoms with Crippen molar-refractivity contribution in [1.29, 1.82) is 5.26 Å². The standard InChI is InChI=1S/C16H17BrN2O2/c1-10-7-11(17)8-12-13(10)19(15(21)14(12)20)6-4-5-16(2,3)9-18/h7-8H,4-6H2,1-3H3. The molecule has 1 aliphatic heterocycles. The second-order valence-electron chi connectivity index (χ2n) is 6.00. The number of hydrogen-bond donors (Lipinski definition) is 0. The molecule has 4 nitrogen and oxygen atoms in total. The van der Waals surface area contributed by atoms with Crippen molar-refractivity contribution in [2.45, 2.75) is 33.6 Å². The zero-order valence-corrected chi connectivity index (χ0v) is 14.0. The molecular formula is C16H17BrN2O2. The van der Waals surface area contributed by atoms with Crippen LogP contribution in [0.2, 0.25) is 0 Å². The maximum atomic E-state index is 12.1. The van der Waals surface area contributed by atoms with E-state index in [4.69, 9.17) is 5.26 Å². The molecule has 1 amide bonds. The van der Waals surface area contributed by atoms with Crippen molar-refractivity contribution in [3.8, 4) is 6.07 Å². The quantitative estimate of drug-likeness (QED) is 0.780. The molecule has 1 aromatic carbocycles. The van der Waals surface area contributed by atoms with Gasteiger partial charge in [0.05, 0.1) is 22.7 Å². The lowest BCUT2D eigenvalue weighted by Crippen LogP contribution is -2.31. The van der Waals surface area contributed by atoms with Crippen LogP contribution < -0.4 is 4.90 Å². The molecule has 110 valence electrons. The molecule has 0 radical (unpaired) electrons. The number of ketones is 1.